The van der Waals surface area contributed by atoms with E-state index in [4.69, 9.17) is 0 Å². The number of fused-ring (bicyclic) bond motifs is 5. The Hall–Kier alpha value is -0.900. The van der Waals surface area contributed by atoms with Gasteiger partial charge in [0.2, 0.25) is 0 Å². The molecule has 0 bridgehead atoms. The SMILES string of the molecule is C[C@@]12CCC[C@H]1[C@@H]1CCC3=CC(=O)C=C(S(C)(=O)=O)[C@]3(C)[C@H]1CC2. The van der Waals surface area contributed by atoms with Gasteiger partial charge in [-0.3, -0.25) is 4.79 Å². The zero-order valence-electron chi connectivity index (χ0n) is 15.0. The van der Waals surface area contributed by atoms with Gasteiger partial charge in [0.25, 0.3) is 0 Å². The van der Waals surface area contributed by atoms with E-state index in [0.717, 1.165) is 30.8 Å². The van der Waals surface area contributed by atoms with E-state index in [0.29, 0.717) is 22.2 Å². The standard InChI is InChI=1S/C20H28O3S/c1-19-9-4-5-16(19)15-7-6-13-11-14(21)12-18(24(3,22)23)20(13,2)17(15)8-10-19/h11-12,15-17H,4-10H2,1-3H3/t15-,16-,17-,19-,20-/m0/s1. The maximum atomic E-state index is 12.5. The van der Waals surface area contributed by atoms with Crippen molar-refractivity contribution >= 4 is 15.6 Å². The molecular formula is C20H28O3S. The Labute approximate surface area is 145 Å². The van der Waals surface area contributed by atoms with Crippen LogP contribution >= 0.6 is 0 Å². The number of rotatable bonds is 1. The predicted molar refractivity (Wildman–Crippen MR) is 95.0 cm³/mol. The molecule has 0 heterocycles. The molecule has 4 aliphatic carbocycles. The van der Waals surface area contributed by atoms with Crippen LogP contribution in [-0.2, 0) is 14.6 Å². The van der Waals surface area contributed by atoms with Gasteiger partial charge in [0.1, 0.15) is 0 Å². The summed E-state index contributed by atoms with van der Waals surface area (Å²) in [5.41, 5.74) is 1.06. The first-order valence-corrected chi connectivity index (χ1v) is 11.2. The lowest BCUT2D eigenvalue weighted by Crippen LogP contribution is -2.50. The third-order valence-corrected chi connectivity index (χ3v) is 9.22. The lowest BCUT2D eigenvalue weighted by atomic mass is 9.48. The van der Waals surface area contributed by atoms with Crippen molar-refractivity contribution in [3.63, 3.8) is 0 Å². The van der Waals surface area contributed by atoms with E-state index in [1.165, 1.54) is 38.0 Å². The summed E-state index contributed by atoms with van der Waals surface area (Å²) < 4.78 is 25.0. The summed E-state index contributed by atoms with van der Waals surface area (Å²) in [6.45, 7) is 4.55. The molecule has 3 fully saturated rings. The highest BCUT2D eigenvalue weighted by Gasteiger charge is 2.58. The van der Waals surface area contributed by atoms with Crippen molar-refractivity contribution in [1.29, 1.82) is 0 Å². The third kappa shape index (κ3) is 2.14. The number of hydrogen-bond acceptors (Lipinski definition) is 3. The second-order valence-electron chi connectivity index (χ2n) is 9.06. The molecular weight excluding hydrogens is 320 g/mol. The topological polar surface area (TPSA) is 51.2 Å². The lowest BCUT2D eigenvalue weighted by molar-refractivity contribution is -0.111. The molecule has 0 unspecified atom stereocenters. The van der Waals surface area contributed by atoms with E-state index in [2.05, 4.69) is 13.8 Å². The second-order valence-corrected chi connectivity index (χ2v) is 11.0. The summed E-state index contributed by atoms with van der Waals surface area (Å²) in [6.07, 6.45) is 12.6. The van der Waals surface area contributed by atoms with Crippen molar-refractivity contribution < 1.29 is 13.2 Å². The molecule has 0 radical (unpaired) electrons. The van der Waals surface area contributed by atoms with Gasteiger partial charge in [-0.25, -0.2) is 8.42 Å². The number of carbonyl (C=O) groups is 1. The van der Waals surface area contributed by atoms with Crippen molar-refractivity contribution in [1.82, 2.24) is 0 Å². The van der Waals surface area contributed by atoms with Crippen LogP contribution < -0.4 is 0 Å². The molecule has 0 saturated heterocycles. The fraction of sp³-hybridized carbons (Fsp3) is 0.750. The van der Waals surface area contributed by atoms with Gasteiger partial charge in [0.05, 0.1) is 4.91 Å². The Morgan fingerprint density at radius 3 is 2.50 bits per heavy atom. The van der Waals surface area contributed by atoms with Gasteiger partial charge in [-0.2, -0.15) is 0 Å². The number of ketones is 1. The Balaban J connectivity index is 1.82. The smallest absolute Gasteiger partial charge is 0.179 e. The molecule has 4 rings (SSSR count). The summed E-state index contributed by atoms with van der Waals surface area (Å²) in [4.78, 5) is 12.5. The highest BCUT2D eigenvalue weighted by atomic mass is 32.2. The van der Waals surface area contributed by atoms with Gasteiger partial charge >= 0.3 is 0 Å². The Morgan fingerprint density at radius 1 is 1.04 bits per heavy atom. The normalized spacial score (nSPS) is 45.0. The van der Waals surface area contributed by atoms with Crippen molar-refractivity contribution in [2.45, 2.75) is 58.8 Å². The molecule has 0 amide bonds. The lowest BCUT2D eigenvalue weighted by Gasteiger charge is -2.57. The molecule has 3 saturated carbocycles. The summed E-state index contributed by atoms with van der Waals surface area (Å²) in [5, 5.41) is 0. The second kappa shape index (κ2) is 5.06. The Morgan fingerprint density at radius 2 is 1.79 bits per heavy atom. The first-order valence-electron chi connectivity index (χ1n) is 9.33. The number of hydrogen-bond donors (Lipinski definition) is 0. The van der Waals surface area contributed by atoms with E-state index in [1.807, 2.05) is 0 Å². The number of allylic oxidation sites excluding steroid dienone is 4. The van der Waals surface area contributed by atoms with Crippen LogP contribution in [0.4, 0.5) is 0 Å². The van der Waals surface area contributed by atoms with Crippen LogP contribution in [0, 0.1) is 28.6 Å². The van der Waals surface area contributed by atoms with E-state index in [-0.39, 0.29) is 5.78 Å². The Bertz CT molecular complexity index is 760. The minimum Gasteiger partial charge on any atom is -0.290 e. The van der Waals surface area contributed by atoms with Crippen LogP contribution in [0.3, 0.4) is 0 Å². The molecule has 4 heteroatoms. The highest BCUT2D eigenvalue weighted by Crippen LogP contribution is 2.66. The van der Waals surface area contributed by atoms with E-state index < -0.39 is 15.3 Å². The molecule has 0 N–H and O–H groups in total. The third-order valence-electron chi connectivity index (χ3n) is 7.88. The van der Waals surface area contributed by atoms with E-state index in [1.54, 1.807) is 6.08 Å². The summed E-state index contributed by atoms with van der Waals surface area (Å²) in [5.74, 6) is 1.55. The maximum absolute atomic E-state index is 12.5. The van der Waals surface area contributed by atoms with Crippen molar-refractivity contribution in [3.8, 4) is 0 Å². The molecule has 3 nitrogen and oxygen atoms in total. The van der Waals surface area contributed by atoms with Crippen LogP contribution in [0.25, 0.3) is 0 Å². The first kappa shape index (κ1) is 16.6. The minimum atomic E-state index is -3.38. The molecule has 0 spiro atoms. The van der Waals surface area contributed by atoms with Gasteiger partial charge in [-0.15, -0.1) is 0 Å². The highest BCUT2D eigenvalue weighted by molar-refractivity contribution is 7.94. The molecule has 5 atom stereocenters. The fourth-order valence-electron chi connectivity index (χ4n) is 6.77. The summed E-state index contributed by atoms with van der Waals surface area (Å²) in [6, 6.07) is 0. The minimum absolute atomic E-state index is 0.150. The predicted octanol–water partition coefficient (Wildman–Crippen LogP) is 4.06. The fourth-order valence-corrected chi connectivity index (χ4v) is 8.15. The van der Waals surface area contributed by atoms with Gasteiger partial charge in [0, 0.05) is 17.7 Å². The molecule has 0 aromatic carbocycles. The molecule has 0 aromatic rings. The van der Waals surface area contributed by atoms with Crippen molar-refractivity contribution in [2.24, 2.45) is 28.6 Å². The monoisotopic (exact) mass is 348 g/mol. The molecule has 0 aromatic heterocycles. The van der Waals surface area contributed by atoms with Crippen LogP contribution in [-0.4, -0.2) is 20.5 Å². The van der Waals surface area contributed by atoms with Gasteiger partial charge in [0.15, 0.2) is 15.6 Å². The quantitative estimate of drug-likeness (QED) is 0.718. The maximum Gasteiger partial charge on any atom is 0.179 e. The largest absolute Gasteiger partial charge is 0.290 e. The number of carbonyl (C=O) groups excluding carboxylic acids is 1. The van der Waals surface area contributed by atoms with Crippen LogP contribution in [0.5, 0.6) is 0 Å². The van der Waals surface area contributed by atoms with Gasteiger partial charge < -0.3 is 0 Å². The molecule has 132 valence electrons. The van der Waals surface area contributed by atoms with Gasteiger partial charge in [-0.1, -0.05) is 25.8 Å². The van der Waals surface area contributed by atoms with Gasteiger partial charge in [-0.05, 0) is 67.8 Å². The molecule has 24 heavy (non-hydrogen) atoms. The Kier molecular flexibility index (Phi) is 3.49. The van der Waals surface area contributed by atoms with Crippen LogP contribution in [0.1, 0.15) is 58.8 Å². The summed E-state index contributed by atoms with van der Waals surface area (Å²) in [7, 11) is -3.38. The summed E-state index contributed by atoms with van der Waals surface area (Å²) >= 11 is 0. The zero-order valence-corrected chi connectivity index (χ0v) is 15.8. The van der Waals surface area contributed by atoms with E-state index in [9.17, 15) is 13.2 Å². The van der Waals surface area contributed by atoms with Crippen LogP contribution in [0.15, 0.2) is 22.6 Å². The average Bonchev–Trinajstić information content (AvgIpc) is 2.88. The average molecular weight is 349 g/mol. The zero-order chi connectivity index (χ0) is 17.3. The van der Waals surface area contributed by atoms with Crippen LogP contribution in [0.2, 0.25) is 0 Å². The first-order chi connectivity index (χ1) is 11.2. The van der Waals surface area contributed by atoms with Crippen molar-refractivity contribution in [2.75, 3.05) is 6.26 Å². The number of sulfone groups is 1. The van der Waals surface area contributed by atoms with Crippen molar-refractivity contribution in [3.05, 3.63) is 22.6 Å². The molecule has 0 aliphatic heterocycles. The van der Waals surface area contributed by atoms with E-state index >= 15 is 0 Å². The molecule has 4 aliphatic rings.